The highest BCUT2D eigenvalue weighted by molar-refractivity contribution is 5.76. The van der Waals surface area contributed by atoms with Crippen molar-refractivity contribution in [2.75, 3.05) is 13.2 Å². The first-order valence-electron chi connectivity index (χ1n) is 35.4. The van der Waals surface area contributed by atoms with Gasteiger partial charge in [-0.2, -0.15) is 0 Å². The standard InChI is InChI=1S/C73H137NO5/c1-3-5-7-9-11-13-15-17-19-20-21-22-26-29-32-35-38-41-45-49-53-57-61-65-71(76)70(69-75)74-72(77)66-62-58-54-50-46-42-39-36-33-30-27-24-23-25-28-31-34-37-40-44-48-52-56-60-64-68-79-73(78)67-63-59-55-51-47-43-18-16-14-12-10-8-6-4-2/h10,12,16,18,24,27,61,65,70-71,75-76H,3-9,11,13-15,17,19-23,25-26,28-60,62-64,66-69H2,1-2H3,(H,74,77)/b12-10-,18-16-,27-24-,65-61+. The van der Waals surface area contributed by atoms with E-state index in [0.29, 0.717) is 19.4 Å². The first kappa shape index (κ1) is 76.8. The molecule has 79 heavy (non-hydrogen) atoms. The molecular formula is C73H137NO5. The molecule has 3 N–H and O–H groups in total. The van der Waals surface area contributed by atoms with Crippen LogP contribution in [0.5, 0.6) is 0 Å². The monoisotopic (exact) mass is 1110 g/mol. The number of rotatable bonds is 66. The smallest absolute Gasteiger partial charge is 0.305 e. The number of carbonyl (C=O) groups excluding carboxylic acids is 2. The lowest BCUT2D eigenvalue weighted by atomic mass is 10.0. The fourth-order valence-electron chi connectivity index (χ4n) is 10.9. The van der Waals surface area contributed by atoms with Gasteiger partial charge in [-0.3, -0.25) is 9.59 Å². The number of carbonyl (C=O) groups is 2. The van der Waals surface area contributed by atoms with Crippen LogP contribution in [0.1, 0.15) is 380 Å². The summed E-state index contributed by atoms with van der Waals surface area (Å²) >= 11 is 0. The Morgan fingerprint density at radius 2 is 0.646 bits per heavy atom. The molecule has 2 unspecified atom stereocenters. The van der Waals surface area contributed by atoms with Gasteiger partial charge in [0.15, 0.2) is 0 Å². The second-order valence-electron chi connectivity index (χ2n) is 24.2. The molecule has 0 bridgehead atoms. The number of esters is 1. The second-order valence-corrected chi connectivity index (χ2v) is 24.2. The minimum absolute atomic E-state index is 0.00146. The molecule has 0 aromatic rings. The molecule has 6 nitrogen and oxygen atoms in total. The zero-order valence-corrected chi connectivity index (χ0v) is 53.1. The summed E-state index contributed by atoms with van der Waals surface area (Å²) in [6.07, 6.45) is 89.0. The third-order valence-corrected chi connectivity index (χ3v) is 16.3. The summed E-state index contributed by atoms with van der Waals surface area (Å²) in [7, 11) is 0. The van der Waals surface area contributed by atoms with Crippen LogP contribution in [0.3, 0.4) is 0 Å². The Kier molecular flexibility index (Phi) is 66.4. The number of unbranched alkanes of at least 4 members (excludes halogenated alkanes) is 49. The van der Waals surface area contributed by atoms with Crippen molar-refractivity contribution in [3.63, 3.8) is 0 Å². The normalized spacial score (nSPS) is 12.8. The lowest BCUT2D eigenvalue weighted by Crippen LogP contribution is -2.45. The van der Waals surface area contributed by atoms with Crippen LogP contribution < -0.4 is 5.32 Å². The number of allylic oxidation sites excluding steroid dienone is 7. The van der Waals surface area contributed by atoms with Crippen molar-refractivity contribution >= 4 is 11.9 Å². The molecule has 0 heterocycles. The van der Waals surface area contributed by atoms with Gasteiger partial charge in [0.2, 0.25) is 5.91 Å². The second kappa shape index (κ2) is 68.3. The lowest BCUT2D eigenvalue weighted by Gasteiger charge is -2.20. The van der Waals surface area contributed by atoms with E-state index in [4.69, 9.17) is 4.74 Å². The van der Waals surface area contributed by atoms with Crippen LogP contribution in [-0.2, 0) is 14.3 Å². The predicted molar refractivity (Wildman–Crippen MR) is 347 cm³/mol. The Morgan fingerprint density at radius 1 is 0.354 bits per heavy atom. The van der Waals surface area contributed by atoms with Gasteiger partial charge in [0, 0.05) is 12.8 Å². The number of hydrogen-bond acceptors (Lipinski definition) is 5. The fraction of sp³-hybridized carbons (Fsp3) is 0.863. The summed E-state index contributed by atoms with van der Waals surface area (Å²) < 4.78 is 5.48. The molecule has 0 aliphatic heterocycles. The zero-order chi connectivity index (χ0) is 57.1. The van der Waals surface area contributed by atoms with Crippen LogP contribution in [0.2, 0.25) is 0 Å². The van der Waals surface area contributed by atoms with E-state index in [1.165, 1.54) is 302 Å². The van der Waals surface area contributed by atoms with Gasteiger partial charge >= 0.3 is 5.97 Å². The maximum Gasteiger partial charge on any atom is 0.305 e. The summed E-state index contributed by atoms with van der Waals surface area (Å²) in [6.45, 7) is 4.88. The van der Waals surface area contributed by atoms with Gasteiger partial charge in [0.25, 0.3) is 0 Å². The summed E-state index contributed by atoms with van der Waals surface area (Å²) in [6, 6.07) is -0.632. The van der Waals surface area contributed by atoms with Gasteiger partial charge in [-0.05, 0) is 83.5 Å². The molecular weight excluding hydrogens is 971 g/mol. The van der Waals surface area contributed by atoms with E-state index in [0.717, 1.165) is 51.4 Å². The highest BCUT2D eigenvalue weighted by atomic mass is 16.5. The molecule has 0 aliphatic rings. The van der Waals surface area contributed by atoms with E-state index in [2.05, 4.69) is 55.6 Å². The van der Waals surface area contributed by atoms with Crippen LogP contribution in [0.15, 0.2) is 48.6 Å². The van der Waals surface area contributed by atoms with Crippen molar-refractivity contribution in [3.05, 3.63) is 48.6 Å². The van der Waals surface area contributed by atoms with E-state index in [9.17, 15) is 19.8 Å². The number of aliphatic hydroxyl groups is 2. The van der Waals surface area contributed by atoms with Crippen molar-refractivity contribution in [1.82, 2.24) is 5.32 Å². The Balaban J connectivity index is 3.43. The van der Waals surface area contributed by atoms with Crippen LogP contribution in [0, 0.1) is 0 Å². The van der Waals surface area contributed by atoms with Crippen molar-refractivity contribution in [3.8, 4) is 0 Å². The minimum Gasteiger partial charge on any atom is -0.466 e. The average molecular weight is 1110 g/mol. The molecule has 0 radical (unpaired) electrons. The molecule has 0 saturated heterocycles. The van der Waals surface area contributed by atoms with Gasteiger partial charge < -0.3 is 20.3 Å². The summed E-state index contributed by atoms with van der Waals surface area (Å²) in [5.74, 6) is -0.0693. The summed E-state index contributed by atoms with van der Waals surface area (Å²) in [5.41, 5.74) is 0. The van der Waals surface area contributed by atoms with E-state index in [1.54, 1.807) is 6.08 Å². The van der Waals surface area contributed by atoms with Crippen molar-refractivity contribution in [2.24, 2.45) is 0 Å². The van der Waals surface area contributed by atoms with Gasteiger partial charge in [0.1, 0.15) is 0 Å². The zero-order valence-electron chi connectivity index (χ0n) is 53.1. The Labute approximate surface area is 493 Å². The third-order valence-electron chi connectivity index (χ3n) is 16.3. The average Bonchev–Trinajstić information content (AvgIpc) is 3.45. The lowest BCUT2D eigenvalue weighted by molar-refractivity contribution is -0.143. The number of ether oxygens (including phenoxy) is 1. The molecule has 0 aromatic carbocycles. The molecule has 2 atom stereocenters. The highest BCUT2D eigenvalue weighted by Gasteiger charge is 2.18. The largest absolute Gasteiger partial charge is 0.466 e. The van der Waals surface area contributed by atoms with Gasteiger partial charge in [-0.15, -0.1) is 0 Å². The molecule has 6 heteroatoms. The number of hydrogen-bond donors (Lipinski definition) is 3. The van der Waals surface area contributed by atoms with Gasteiger partial charge in [-0.25, -0.2) is 0 Å². The number of amides is 1. The van der Waals surface area contributed by atoms with Crippen molar-refractivity contribution in [2.45, 2.75) is 392 Å². The Morgan fingerprint density at radius 3 is 1.01 bits per heavy atom. The Bertz CT molecular complexity index is 1320. The van der Waals surface area contributed by atoms with Crippen molar-refractivity contribution < 1.29 is 24.5 Å². The van der Waals surface area contributed by atoms with Gasteiger partial charge in [-0.1, -0.05) is 332 Å². The first-order valence-corrected chi connectivity index (χ1v) is 35.4. The minimum atomic E-state index is -0.849. The van der Waals surface area contributed by atoms with Crippen LogP contribution in [0.4, 0.5) is 0 Å². The molecule has 0 aliphatic carbocycles. The van der Waals surface area contributed by atoms with Crippen molar-refractivity contribution in [1.29, 1.82) is 0 Å². The Hall–Kier alpha value is -2.18. The maximum absolute atomic E-state index is 12.5. The molecule has 1 amide bonds. The molecule has 0 spiro atoms. The molecule has 0 rings (SSSR count). The van der Waals surface area contributed by atoms with E-state index >= 15 is 0 Å². The maximum atomic E-state index is 12.5. The van der Waals surface area contributed by atoms with Crippen LogP contribution >= 0.6 is 0 Å². The third kappa shape index (κ3) is 64.8. The quantitative estimate of drug-likeness (QED) is 0.0320. The predicted octanol–water partition coefficient (Wildman–Crippen LogP) is 22.9. The molecule has 0 fully saturated rings. The number of aliphatic hydroxyl groups excluding tert-OH is 2. The SMILES string of the molecule is CCCC/C=C\C/C=C\CCCCCCCC(=O)OCCCCCCCCCCCCCC/C=C\CCCCCCCCCCCC(=O)NC(CO)C(O)/C=C/CCCCCCCCCCCCCCCCCCCCCCC. The van der Waals surface area contributed by atoms with E-state index in [1.807, 2.05) is 6.08 Å². The van der Waals surface area contributed by atoms with E-state index < -0.39 is 12.1 Å². The summed E-state index contributed by atoms with van der Waals surface area (Å²) in [4.78, 5) is 24.6. The molecule has 464 valence electrons. The molecule has 0 aromatic heterocycles. The fourth-order valence-corrected chi connectivity index (χ4v) is 10.9. The number of nitrogens with one attached hydrogen (secondary N) is 1. The molecule has 0 saturated carbocycles. The summed E-state index contributed by atoms with van der Waals surface area (Å²) in [5, 5.41) is 23.3. The van der Waals surface area contributed by atoms with Crippen LogP contribution in [-0.4, -0.2) is 47.4 Å². The van der Waals surface area contributed by atoms with E-state index in [-0.39, 0.29) is 18.5 Å². The topological polar surface area (TPSA) is 95.9 Å². The first-order chi connectivity index (χ1) is 39.0. The van der Waals surface area contributed by atoms with Crippen LogP contribution in [0.25, 0.3) is 0 Å². The van der Waals surface area contributed by atoms with Gasteiger partial charge in [0.05, 0.1) is 25.4 Å². The highest BCUT2D eigenvalue weighted by Crippen LogP contribution is 2.18.